The fourth-order valence-corrected chi connectivity index (χ4v) is 3.39. The van der Waals surface area contributed by atoms with Gasteiger partial charge < -0.3 is 19.7 Å². The van der Waals surface area contributed by atoms with Crippen LogP contribution in [0.15, 0.2) is 47.2 Å². The van der Waals surface area contributed by atoms with E-state index in [0.29, 0.717) is 5.56 Å². The number of aromatic nitrogens is 1. The van der Waals surface area contributed by atoms with Gasteiger partial charge in [0.25, 0.3) is 0 Å². The standard InChI is InChI=1S/C20H18FNO7/c1-19(17(24)25)7-6-13(20(28,9-19)18(26)27)16(23)15-14(29-10-22-15)8-11-2-4-12(21)5-3-11/h2-7,10,13,28H,8-9H2,1H3,(H,24,25)(H,26,27). The molecule has 0 radical (unpaired) electrons. The number of nitrogens with zero attached hydrogens (tertiary/aromatic N) is 1. The van der Waals surface area contributed by atoms with E-state index >= 15 is 0 Å². The van der Waals surface area contributed by atoms with E-state index in [1.54, 1.807) is 0 Å². The highest BCUT2D eigenvalue weighted by molar-refractivity contribution is 6.03. The van der Waals surface area contributed by atoms with Gasteiger partial charge >= 0.3 is 11.9 Å². The topological polar surface area (TPSA) is 138 Å². The van der Waals surface area contributed by atoms with Gasteiger partial charge in [0, 0.05) is 12.8 Å². The molecule has 1 aromatic heterocycles. The molecular weight excluding hydrogens is 385 g/mol. The van der Waals surface area contributed by atoms with Crippen LogP contribution >= 0.6 is 0 Å². The van der Waals surface area contributed by atoms with Crippen LogP contribution in [-0.4, -0.2) is 43.6 Å². The number of rotatable bonds is 6. The Morgan fingerprint density at radius 1 is 1.21 bits per heavy atom. The van der Waals surface area contributed by atoms with E-state index in [1.807, 2.05) is 0 Å². The molecule has 8 nitrogen and oxygen atoms in total. The molecule has 3 atom stereocenters. The van der Waals surface area contributed by atoms with Crippen LogP contribution in [0.3, 0.4) is 0 Å². The molecule has 0 saturated carbocycles. The minimum Gasteiger partial charge on any atom is -0.481 e. The molecule has 152 valence electrons. The number of hydrogen-bond donors (Lipinski definition) is 3. The van der Waals surface area contributed by atoms with Crippen molar-refractivity contribution < 1.29 is 38.5 Å². The summed E-state index contributed by atoms with van der Waals surface area (Å²) in [5.41, 5.74) is -3.83. The first kappa shape index (κ1) is 20.4. The van der Waals surface area contributed by atoms with Crippen molar-refractivity contribution in [1.82, 2.24) is 4.98 Å². The lowest BCUT2D eigenvalue weighted by atomic mass is 9.66. The monoisotopic (exact) mass is 403 g/mol. The zero-order valence-electron chi connectivity index (χ0n) is 15.3. The zero-order chi connectivity index (χ0) is 21.4. The molecule has 0 spiro atoms. The molecule has 3 N–H and O–H groups in total. The number of carbonyl (C=O) groups excluding carboxylic acids is 1. The minimum atomic E-state index is -2.63. The van der Waals surface area contributed by atoms with Gasteiger partial charge in [0.05, 0.1) is 11.3 Å². The van der Waals surface area contributed by atoms with Crippen molar-refractivity contribution in [3.63, 3.8) is 0 Å². The van der Waals surface area contributed by atoms with E-state index < -0.39 is 46.9 Å². The van der Waals surface area contributed by atoms with Crippen molar-refractivity contribution in [2.45, 2.75) is 25.4 Å². The fourth-order valence-electron chi connectivity index (χ4n) is 3.39. The number of benzene rings is 1. The molecule has 1 aliphatic rings. The highest BCUT2D eigenvalue weighted by Gasteiger charge is 2.55. The largest absolute Gasteiger partial charge is 0.481 e. The average Bonchev–Trinajstić information content (AvgIpc) is 3.11. The van der Waals surface area contributed by atoms with Crippen LogP contribution in [-0.2, 0) is 16.0 Å². The van der Waals surface area contributed by atoms with Gasteiger partial charge in [-0.05, 0) is 24.6 Å². The Hall–Kier alpha value is -3.33. The summed E-state index contributed by atoms with van der Waals surface area (Å²) in [4.78, 5) is 40.1. The van der Waals surface area contributed by atoms with Crippen LogP contribution < -0.4 is 0 Å². The van der Waals surface area contributed by atoms with Crippen LogP contribution in [0, 0.1) is 17.2 Å². The third kappa shape index (κ3) is 3.68. The normalized spacial score (nSPS) is 26.2. The molecule has 29 heavy (non-hydrogen) atoms. The molecule has 2 aromatic rings. The van der Waals surface area contributed by atoms with Gasteiger partial charge in [0.15, 0.2) is 17.8 Å². The molecule has 3 rings (SSSR count). The Balaban J connectivity index is 1.95. The number of carboxylic acids is 2. The quantitative estimate of drug-likeness (QED) is 0.492. The Morgan fingerprint density at radius 3 is 2.45 bits per heavy atom. The lowest BCUT2D eigenvalue weighted by Crippen LogP contribution is -2.54. The second kappa shape index (κ2) is 7.25. The number of carbonyl (C=O) groups is 3. The first-order valence-electron chi connectivity index (χ1n) is 8.66. The zero-order valence-corrected chi connectivity index (χ0v) is 15.3. The van der Waals surface area contributed by atoms with E-state index in [1.165, 1.54) is 37.3 Å². The Bertz CT molecular complexity index is 997. The Morgan fingerprint density at radius 2 is 1.86 bits per heavy atom. The van der Waals surface area contributed by atoms with Gasteiger partial charge in [0.2, 0.25) is 0 Å². The average molecular weight is 403 g/mol. The van der Waals surface area contributed by atoms with Gasteiger partial charge in [-0.1, -0.05) is 24.3 Å². The first-order chi connectivity index (χ1) is 13.6. The molecule has 0 amide bonds. The number of ketones is 1. The number of carboxylic acid groups (broad SMARTS) is 2. The number of aliphatic carboxylic acids is 2. The maximum Gasteiger partial charge on any atom is 0.336 e. The Labute approximate surface area is 164 Å². The van der Waals surface area contributed by atoms with E-state index in [-0.39, 0.29) is 17.9 Å². The summed E-state index contributed by atoms with van der Waals surface area (Å²) < 4.78 is 18.3. The Kier molecular flexibility index (Phi) is 5.10. The summed E-state index contributed by atoms with van der Waals surface area (Å²) in [6.07, 6.45) is 2.71. The molecule has 0 saturated heterocycles. The summed E-state index contributed by atoms with van der Waals surface area (Å²) in [7, 11) is 0. The van der Waals surface area contributed by atoms with Crippen molar-refractivity contribution in [2.24, 2.45) is 11.3 Å². The van der Waals surface area contributed by atoms with E-state index in [9.17, 15) is 34.1 Å². The molecule has 1 aromatic carbocycles. The van der Waals surface area contributed by atoms with Crippen molar-refractivity contribution in [3.05, 3.63) is 65.6 Å². The lowest BCUT2D eigenvalue weighted by molar-refractivity contribution is -0.169. The van der Waals surface area contributed by atoms with E-state index in [2.05, 4.69) is 4.98 Å². The molecule has 3 unspecified atom stereocenters. The molecule has 9 heteroatoms. The summed E-state index contributed by atoms with van der Waals surface area (Å²) in [6.45, 7) is 1.26. The number of Topliss-reactive ketones (excluding diaryl/α,β-unsaturated/α-hetero) is 1. The van der Waals surface area contributed by atoms with Crippen LogP contribution in [0.5, 0.6) is 0 Å². The SMILES string of the molecule is CC1(C(=O)O)C=CC(C(=O)c2ncoc2Cc2ccc(F)cc2)C(O)(C(=O)O)C1. The number of oxazole rings is 1. The molecule has 1 heterocycles. The van der Waals surface area contributed by atoms with Gasteiger partial charge in [-0.15, -0.1) is 0 Å². The van der Waals surface area contributed by atoms with E-state index in [0.717, 1.165) is 12.5 Å². The van der Waals surface area contributed by atoms with Crippen LogP contribution in [0.1, 0.15) is 35.2 Å². The van der Waals surface area contributed by atoms with Gasteiger partial charge in [0.1, 0.15) is 17.3 Å². The molecule has 1 aliphatic carbocycles. The molecule has 0 fully saturated rings. The maximum atomic E-state index is 13.1. The van der Waals surface area contributed by atoms with Gasteiger partial charge in [-0.3, -0.25) is 9.59 Å². The van der Waals surface area contributed by atoms with Crippen molar-refractivity contribution >= 4 is 17.7 Å². The second-order valence-corrected chi connectivity index (χ2v) is 7.26. The predicted octanol–water partition coefficient (Wildman–Crippen LogP) is 2.07. The molecule has 0 aliphatic heterocycles. The molecule has 0 bridgehead atoms. The number of hydrogen-bond acceptors (Lipinski definition) is 6. The third-order valence-electron chi connectivity index (χ3n) is 5.10. The second-order valence-electron chi connectivity index (χ2n) is 7.26. The first-order valence-corrected chi connectivity index (χ1v) is 8.66. The number of aliphatic hydroxyl groups is 1. The van der Waals surface area contributed by atoms with Gasteiger partial charge in [-0.2, -0.15) is 0 Å². The highest BCUT2D eigenvalue weighted by atomic mass is 19.1. The van der Waals surface area contributed by atoms with E-state index in [4.69, 9.17) is 4.42 Å². The lowest BCUT2D eigenvalue weighted by Gasteiger charge is -2.38. The highest BCUT2D eigenvalue weighted by Crippen LogP contribution is 2.42. The van der Waals surface area contributed by atoms with Crippen LogP contribution in [0.25, 0.3) is 0 Å². The van der Waals surface area contributed by atoms with Crippen LogP contribution in [0.2, 0.25) is 0 Å². The van der Waals surface area contributed by atoms with Crippen molar-refractivity contribution in [1.29, 1.82) is 0 Å². The fraction of sp³-hybridized carbons (Fsp3) is 0.300. The minimum absolute atomic E-state index is 0.0934. The maximum absolute atomic E-state index is 13.1. The van der Waals surface area contributed by atoms with Gasteiger partial charge in [-0.25, -0.2) is 14.2 Å². The summed E-state index contributed by atoms with van der Waals surface area (Å²) in [5.74, 6) is -5.71. The van der Waals surface area contributed by atoms with Crippen molar-refractivity contribution in [3.8, 4) is 0 Å². The number of halogens is 1. The van der Waals surface area contributed by atoms with Crippen molar-refractivity contribution in [2.75, 3.05) is 0 Å². The van der Waals surface area contributed by atoms with Crippen LogP contribution in [0.4, 0.5) is 4.39 Å². The summed E-state index contributed by atoms with van der Waals surface area (Å²) in [5, 5.41) is 29.6. The molecular formula is C20H18FNO7. The smallest absolute Gasteiger partial charge is 0.336 e. The summed E-state index contributed by atoms with van der Waals surface area (Å²) in [6, 6.07) is 5.48. The predicted molar refractivity (Wildman–Crippen MR) is 95.6 cm³/mol. The summed E-state index contributed by atoms with van der Waals surface area (Å²) >= 11 is 0. The third-order valence-corrected chi connectivity index (χ3v) is 5.10.